The smallest absolute Gasteiger partial charge is 0.326 e. The van der Waals surface area contributed by atoms with E-state index in [4.69, 9.17) is 27.9 Å². The highest BCUT2D eigenvalue weighted by atomic mass is 35.5. The standard InChI is InChI=1S/C20H12Cl2F2N4O5/c1-9-5-11(28(31)32)8-25-19(9)33-17-12(21)6-10(7-13(17)22)26-20(30)27-18(29)16-14(23)3-2-4-15(16)24/h2-8H,1H3,(H2,26,27,29,30). The van der Waals surface area contributed by atoms with Crippen molar-refractivity contribution in [2.45, 2.75) is 6.92 Å². The number of imide groups is 1. The van der Waals surface area contributed by atoms with E-state index in [9.17, 15) is 28.5 Å². The van der Waals surface area contributed by atoms with Crippen LogP contribution in [0.25, 0.3) is 0 Å². The van der Waals surface area contributed by atoms with Crippen LogP contribution in [-0.4, -0.2) is 21.8 Å². The molecule has 1 aromatic heterocycles. The Morgan fingerprint density at radius 3 is 2.27 bits per heavy atom. The summed E-state index contributed by atoms with van der Waals surface area (Å²) in [6.07, 6.45) is 1.000. The molecular formula is C20H12Cl2F2N4O5. The van der Waals surface area contributed by atoms with Crippen LogP contribution >= 0.6 is 23.2 Å². The van der Waals surface area contributed by atoms with Crippen molar-refractivity contribution in [3.8, 4) is 11.6 Å². The van der Waals surface area contributed by atoms with E-state index in [1.165, 1.54) is 25.1 Å². The van der Waals surface area contributed by atoms with Crippen molar-refractivity contribution in [2.75, 3.05) is 5.32 Å². The zero-order valence-corrected chi connectivity index (χ0v) is 18.0. The molecule has 2 N–H and O–H groups in total. The van der Waals surface area contributed by atoms with E-state index in [1.807, 2.05) is 0 Å². The van der Waals surface area contributed by atoms with Crippen molar-refractivity contribution in [1.29, 1.82) is 0 Å². The number of carbonyl (C=O) groups is 2. The number of amides is 3. The van der Waals surface area contributed by atoms with Gasteiger partial charge in [-0.2, -0.15) is 0 Å². The van der Waals surface area contributed by atoms with Crippen molar-refractivity contribution >= 4 is 46.5 Å². The summed E-state index contributed by atoms with van der Waals surface area (Å²) in [5.41, 5.74) is -0.771. The van der Waals surface area contributed by atoms with Gasteiger partial charge in [0.05, 0.1) is 15.0 Å². The number of urea groups is 1. The van der Waals surface area contributed by atoms with E-state index in [1.54, 1.807) is 5.32 Å². The summed E-state index contributed by atoms with van der Waals surface area (Å²) in [4.78, 5) is 38.2. The lowest BCUT2D eigenvalue weighted by molar-refractivity contribution is -0.385. The summed E-state index contributed by atoms with van der Waals surface area (Å²) in [5.74, 6) is -3.59. The van der Waals surface area contributed by atoms with Crippen LogP contribution in [0.2, 0.25) is 10.0 Å². The molecule has 2 aromatic carbocycles. The van der Waals surface area contributed by atoms with Crippen LogP contribution in [0.3, 0.4) is 0 Å². The SMILES string of the molecule is Cc1cc([N+](=O)[O-])cnc1Oc1c(Cl)cc(NC(=O)NC(=O)c2c(F)cccc2F)cc1Cl. The first-order valence-corrected chi connectivity index (χ1v) is 9.66. The van der Waals surface area contributed by atoms with Gasteiger partial charge in [0.2, 0.25) is 5.88 Å². The summed E-state index contributed by atoms with van der Waals surface area (Å²) < 4.78 is 32.9. The van der Waals surface area contributed by atoms with Gasteiger partial charge >= 0.3 is 6.03 Å². The van der Waals surface area contributed by atoms with E-state index in [0.29, 0.717) is 5.56 Å². The normalized spacial score (nSPS) is 10.5. The van der Waals surface area contributed by atoms with Gasteiger partial charge in [0.1, 0.15) is 23.4 Å². The van der Waals surface area contributed by atoms with E-state index < -0.39 is 34.1 Å². The fraction of sp³-hybridized carbons (Fsp3) is 0.0500. The van der Waals surface area contributed by atoms with Gasteiger partial charge in [0.15, 0.2) is 5.75 Å². The topological polar surface area (TPSA) is 123 Å². The molecule has 0 saturated heterocycles. The number of benzene rings is 2. The second-order valence-electron chi connectivity index (χ2n) is 6.45. The minimum Gasteiger partial charge on any atom is -0.436 e. The average molecular weight is 497 g/mol. The number of nitrogens with zero attached hydrogens (tertiary/aromatic N) is 2. The van der Waals surface area contributed by atoms with Gasteiger partial charge < -0.3 is 10.1 Å². The van der Waals surface area contributed by atoms with E-state index in [-0.39, 0.29) is 33.0 Å². The Hall–Kier alpha value is -3.83. The lowest BCUT2D eigenvalue weighted by Gasteiger charge is -2.13. The Bertz CT molecular complexity index is 1250. The number of pyridine rings is 1. The zero-order valence-electron chi connectivity index (χ0n) is 16.5. The number of hydrogen-bond donors (Lipinski definition) is 2. The predicted molar refractivity (Wildman–Crippen MR) is 115 cm³/mol. The fourth-order valence-electron chi connectivity index (χ4n) is 2.62. The maximum atomic E-state index is 13.7. The quantitative estimate of drug-likeness (QED) is 0.348. The summed E-state index contributed by atoms with van der Waals surface area (Å²) in [7, 11) is 0. The van der Waals surface area contributed by atoms with Crippen LogP contribution in [0.15, 0.2) is 42.6 Å². The number of carbonyl (C=O) groups excluding carboxylic acids is 2. The highest BCUT2D eigenvalue weighted by molar-refractivity contribution is 6.37. The molecule has 13 heteroatoms. The van der Waals surface area contributed by atoms with E-state index in [0.717, 1.165) is 24.4 Å². The van der Waals surface area contributed by atoms with Crippen LogP contribution < -0.4 is 15.4 Å². The number of nitrogens with one attached hydrogen (secondary N) is 2. The second-order valence-corrected chi connectivity index (χ2v) is 7.26. The molecule has 0 saturated carbocycles. The molecule has 0 bridgehead atoms. The van der Waals surface area contributed by atoms with Crippen molar-refractivity contribution in [3.63, 3.8) is 0 Å². The maximum Gasteiger partial charge on any atom is 0.326 e. The fourth-order valence-corrected chi connectivity index (χ4v) is 3.19. The molecule has 0 fully saturated rings. The number of nitro groups is 1. The van der Waals surface area contributed by atoms with Gasteiger partial charge in [-0.1, -0.05) is 29.3 Å². The number of ether oxygens (including phenoxy) is 1. The molecule has 0 aliphatic heterocycles. The van der Waals surface area contributed by atoms with Crippen molar-refractivity contribution in [3.05, 3.63) is 85.5 Å². The number of aromatic nitrogens is 1. The molecule has 1 heterocycles. The first-order valence-electron chi connectivity index (χ1n) is 8.91. The maximum absolute atomic E-state index is 13.7. The molecule has 3 rings (SSSR count). The van der Waals surface area contributed by atoms with Crippen LogP contribution in [0.1, 0.15) is 15.9 Å². The number of hydrogen-bond acceptors (Lipinski definition) is 6. The van der Waals surface area contributed by atoms with Gasteiger partial charge in [-0.05, 0) is 31.2 Å². The summed E-state index contributed by atoms with van der Waals surface area (Å²) in [6, 6.07) is 5.43. The van der Waals surface area contributed by atoms with Crippen LogP contribution in [0, 0.1) is 28.7 Å². The molecule has 0 atom stereocenters. The van der Waals surface area contributed by atoms with Crippen molar-refractivity contribution in [1.82, 2.24) is 10.3 Å². The molecule has 0 spiro atoms. The first-order chi connectivity index (χ1) is 15.6. The number of rotatable bonds is 5. The molecule has 0 unspecified atom stereocenters. The molecule has 3 aromatic rings. The third-order valence-electron chi connectivity index (χ3n) is 4.10. The average Bonchev–Trinajstić information content (AvgIpc) is 2.71. The molecule has 3 amide bonds. The van der Waals surface area contributed by atoms with Crippen molar-refractivity contribution < 1.29 is 28.0 Å². The molecule has 9 nitrogen and oxygen atoms in total. The Morgan fingerprint density at radius 1 is 1.12 bits per heavy atom. The molecule has 0 aliphatic carbocycles. The Labute approximate surface area is 194 Å². The number of halogens is 4. The molecule has 0 radical (unpaired) electrons. The van der Waals surface area contributed by atoms with Gasteiger partial charge in [-0.25, -0.2) is 18.6 Å². The highest BCUT2D eigenvalue weighted by Crippen LogP contribution is 2.39. The Kier molecular flexibility index (Phi) is 7.04. The number of aryl methyl sites for hydroxylation is 1. The summed E-state index contributed by atoms with van der Waals surface area (Å²) >= 11 is 12.3. The molecule has 0 aliphatic rings. The predicted octanol–water partition coefficient (Wildman–Crippen LogP) is 5.64. The molecule has 33 heavy (non-hydrogen) atoms. The highest BCUT2D eigenvalue weighted by Gasteiger charge is 2.20. The van der Waals surface area contributed by atoms with Gasteiger partial charge in [-0.3, -0.25) is 20.2 Å². The largest absolute Gasteiger partial charge is 0.436 e. The lowest BCUT2D eigenvalue weighted by atomic mass is 10.2. The van der Waals surface area contributed by atoms with Gasteiger partial charge in [0, 0.05) is 17.3 Å². The van der Waals surface area contributed by atoms with Crippen LogP contribution in [0.5, 0.6) is 11.6 Å². The number of anilines is 1. The molecular weight excluding hydrogens is 485 g/mol. The zero-order chi connectivity index (χ0) is 24.3. The Morgan fingerprint density at radius 2 is 1.73 bits per heavy atom. The third kappa shape index (κ3) is 5.51. The monoisotopic (exact) mass is 496 g/mol. The summed E-state index contributed by atoms with van der Waals surface area (Å²) in [5, 5.41) is 14.7. The molecule has 170 valence electrons. The first kappa shape index (κ1) is 23.8. The van der Waals surface area contributed by atoms with Crippen LogP contribution in [0.4, 0.5) is 25.0 Å². The summed E-state index contributed by atoms with van der Waals surface area (Å²) in [6.45, 7) is 1.53. The van der Waals surface area contributed by atoms with Gasteiger partial charge in [-0.15, -0.1) is 0 Å². The van der Waals surface area contributed by atoms with E-state index >= 15 is 0 Å². The Balaban J connectivity index is 1.74. The van der Waals surface area contributed by atoms with Crippen molar-refractivity contribution in [2.24, 2.45) is 0 Å². The lowest BCUT2D eigenvalue weighted by Crippen LogP contribution is -2.35. The minimum absolute atomic E-state index is 0.0142. The van der Waals surface area contributed by atoms with E-state index in [2.05, 4.69) is 10.3 Å². The third-order valence-corrected chi connectivity index (χ3v) is 4.66. The second kappa shape index (κ2) is 9.76. The minimum atomic E-state index is -1.29. The van der Waals surface area contributed by atoms with Crippen LogP contribution in [-0.2, 0) is 0 Å². The van der Waals surface area contributed by atoms with Gasteiger partial charge in [0.25, 0.3) is 11.6 Å².